The molecule has 0 aliphatic carbocycles. The first-order valence-corrected chi connectivity index (χ1v) is 5.96. The van der Waals surface area contributed by atoms with E-state index in [-0.39, 0.29) is 5.41 Å². The molecule has 16 heavy (non-hydrogen) atoms. The van der Waals surface area contributed by atoms with Crippen LogP contribution >= 0.6 is 0 Å². The number of nitrogens with one attached hydrogen (secondary N) is 1. The van der Waals surface area contributed by atoms with Crippen molar-refractivity contribution in [2.45, 2.75) is 39.7 Å². The van der Waals surface area contributed by atoms with Crippen LogP contribution in [-0.4, -0.2) is 13.2 Å². The molecule has 2 rings (SSSR count). The van der Waals surface area contributed by atoms with Crippen molar-refractivity contribution in [3.63, 3.8) is 0 Å². The van der Waals surface area contributed by atoms with Crippen LogP contribution in [0.4, 0.5) is 0 Å². The van der Waals surface area contributed by atoms with Crippen LogP contribution in [0.5, 0.6) is 5.75 Å². The highest BCUT2D eigenvalue weighted by molar-refractivity contribution is 5.46. The Morgan fingerprint density at radius 1 is 1.25 bits per heavy atom. The van der Waals surface area contributed by atoms with Gasteiger partial charge in [0, 0.05) is 18.7 Å². The Bertz CT molecular complexity index is 390. The molecule has 2 heteroatoms. The van der Waals surface area contributed by atoms with Gasteiger partial charge >= 0.3 is 0 Å². The van der Waals surface area contributed by atoms with E-state index < -0.39 is 0 Å². The molecule has 0 spiro atoms. The molecule has 1 aromatic carbocycles. The molecule has 1 N–H and O–H groups in total. The molecule has 0 radical (unpaired) electrons. The van der Waals surface area contributed by atoms with Gasteiger partial charge in [0.25, 0.3) is 0 Å². The zero-order valence-electron chi connectivity index (χ0n) is 10.7. The number of hydrogen-bond donors (Lipinski definition) is 1. The molecule has 88 valence electrons. The van der Waals surface area contributed by atoms with Crippen LogP contribution in [0.15, 0.2) is 12.1 Å². The number of benzene rings is 1. The summed E-state index contributed by atoms with van der Waals surface area (Å²) in [5.74, 6) is 1.08. The van der Waals surface area contributed by atoms with Gasteiger partial charge in [0.1, 0.15) is 12.4 Å². The standard InChI is InChI=1S/C14H21NO/c1-10-7-12(14(2,3)4)8-11-9-15-5-6-16-13(10)11/h7-8,15H,5-6,9H2,1-4H3. The lowest BCUT2D eigenvalue weighted by Gasteiger charge is -2.22. The zero-order chi connectivity index (χ0) is 11.8. The lowest BCUT2D eigenvalue weighted by atomic mass is 9.85. The topological polar surface area (TPSA) is 21.3 Å². The highest BCUT2D eigenvalue weighted by Gasteiger charge is 2.19. The fourth-order valence-electron chi connectivity index (χ4n) is 2.07. The Balaban J connectivity index is 2.48. The number of hydrogen-bond acceptors (Lipinski definition) is 2. The minimum absolute atomic E-state index is 0.200. The minimum Gasteiger partial charge on any atom is -0.492 e. The molecule has 0 atom stereocenters. The summed E-state index contributed by atoms with van der Waals surface area (Å²) >= 11 is 0. The Morgan fingerprint density at radius 3 is 2.69 bits per heavy atom. The molecule has 1 aliphatic rings. The van der Waals surface area contributed by atoms with Gasteiger partial charge in [-0.3, -0.25) is 0 Å². The zero-order valence-corrected chi connectivity index (χ0v) is 10.7. The maximum Gasteiger partial charge on any atom is 0.126 e. The number of aryl methyl sites for hydroxylation is 1. The maximum absolute atomic E-state index is 5.78. The molecule has 0 unspecified atom stereocenters. The van der Waals surface area contributed by atoms with Crippen molar-refractivity contribution < 1.29 is 4.74 Å². The third-order valence-corrected chi connectivity index (χ3v) is 3.06. The molecule has 1 aliphatic heterocycles. The van der Waals surface area contributed by atoms with Gasteiger partial charge in [-0.2, -0.15) is 0 Å². The van der Waals surface area contributed by atoms with Crippen molar-refractivity contribution >= 4 is 0 Å². The van der Waals surface area contributed by atoms with Crippen LogP contribution in [0.25, 0.3) is 0 Å². The van der Waals surface area contributed by atoms with E-state index in [9.17, 15) is 0 Å². The van der Waals surface area contributed by atoms with E-state index in [1.807, 2.05) is 0 Å². The first-order valence-electron chi connectivity index (χ1n) is 5.96. The summed E-state index contributed by atoms with van der Waals surface area (Å²) in [5.41, 5.74) is 4.14. The average molecular weight is 219 g/mol. The van der Waals surface area contributed by atoms with E-state index in [1.54, 1.807) is 0 Å². The fourth-order valence-corrected chi connectivity index (χ4v) is 2.07. The summed E-state index contributed by atoms with van der Waals surface area (Å²) in [7, 11) is 0. The molecule has 0 saturated heterocycles. The van der Waals surface area contributed by atoms with Crippen molar-refractivity contribution in [3.8, 4) is 5.75 Å². The molecule has 2 nitrogen and oxygen atoms in total. The predicted octanol–water partition coefficient (Wildman–Crippen LogP) is 2.77. The van der Waals surface area contributed by atoms with Crippen molar-refractivity contribution in [2.24, 2.45) is 0 Å². The first-order chi connectivity index (χ1) is 7.48. The number of fused-ring (bicyclic) bond motifs is 1. The number of ether oxygens (including phenoxy) is 1. The van der Waals surface area contributed by atoms with E-state index in [4.69, 9.17) is 4.74 Å². The first kappa shape index (κ1) is 11.5. The van der Waals surface area contributed by atoms with Crippen molar-refractivity contribution in [3.05, 3.63) is 28.8 Å². The highest BCUT2D eigenvalue weighted by atomic mass is 16.5. The van der Waals surface area contributed by atoms with Crippen LogP contribution in [0, 0.1) is 6.92 Å². The Hall–Kier alpha value is -1.02. The second-order valence-corrected chi connectivity index (χ2v) is 5.56. The Morgan fingerprint density at radius 2 is 2.00 bits per heavy atom. The van der Waals surface area contributed by atoms with Crippen LogP contribution in [-0.2, 0) is 12.0 Å². The smallest absolute Gasteiger partial charge is 0.126 e. The van der Waals surface area contributed by atoms with Gasteiger partial charge in [0.2, 0.25) is 0 Å². The second kappa shape index (κ2) is 4.10. The molecular weight excluding hydrogens is 198 g/mol. The lowest BCUT2D eigenvalue weighted by molar-refractivity contribution is 0.323. The van der Waals surface area contributed by atoms with Gasteiger partial charge in [-0.25, -0.2) is 0 Å². The predicted molar refractivity (Wildman–Crippen MR) is 67.1 cm³/mol. The molecule has 0 amide bonds. The van der Waals surface area contributed by atoms with Crippen LogP contribution < -0.4 is 10.1 Å². The van der Waals surface area contributed by atoms with E-state index >= 15 is 0 Å². The summed E-state index contributed by atoms with van der Waals surface area (Å²) in [5, 5.41) is 3.38. The molecule has 1 heterocycles. The average Bonchev–Trinajstić information content (AvgIpc) is 2.41. The van der Waals surface area contributed by atoms with Gasteiger partial charge in [0.15, 0.2) is 0 Å². The van der Waals surface area contributed by atoms with E-state index in [0.29, 0.717) is 0 Å². The minimum atomic E-state index is 0.200. The van der Waals surface area contributed by atoms with Gasteiger partial charge in [-0.15, -0.1) is 0 Å². The molecular formula is C14H21NO. The summed E-state index contributed by atoms with van der Waals surface area (Å²) in [6, 6.07) is 4.53. The maximum atomic E-state index is 5.78. The Kier molecular flexibility index (Phi) is 2.94. The molecule has 0 fully saturated rings. The van der Waals surface area contributed by atoms with Gasteiger partial charge < -0.3 is 10.1 Å². The lowest BCUT2D eigenvalue weighted by Crippen LogP contribution is -2.16. The highest BCUT2D eigenvalue weighted by Crippen LogP contribution is 2.32. The van der Waals surface area contributed by atoms with Crippen LogP contribution in [0.2, 0.25) is 0 Å². The molecule has 1 aromatic rings. The number of rotatable bonds is 0. The van der Waals surface area contributed by atoms with E-state index in [2.05, 4.69) is 45.1 Å². The van der Waals surface area contributed by atoms with E-state index in [1.165, 1.54) is 16.7 Å². The van der Waals surface area contributed by atoms with Crippen LogP contribution in [0.3, 0.4) is 0 Å². The van der Waals surface area contributed by atoms with Crippen molar-refractivity contribution in [1.29, 1.82) is 0 Å². The van der Waals surface area contributed by atoms with Gasteiger partial charge in [-0.05, 0) is 23.5 Å². The normalized spacial score (nSPS) is 16.2. The van der Waals surface area contributed by atoms with Crippen molar-refractivity contribution in [1.82, 2.24) is 5.32 Å². The SMILES string of the molecule is Cc1cc(C(C)(C)C)cc2c1OCCNC2. The summed E-state index contributed by atoms with van der Waals surface area (Å²) in [6.45, 7) is 11.5. The molecule has 0 bridgehead atoms. The summed E-state index contributed by atoms with van der Waals surface area (Å²) in [6.07, 6.45) is 0. The second-order valence-electron chi connectivity index (χ2n) is 5.56. The van der Waals surface area contributed by atoms with Gasteiger partial charge in [-0.1, -0.05) is 32.9 Å². The monoisotopic (exact) mass is 219 g/mol. The fraction of sp³-hybridized carbons (Fsp3) is 0.571. The third kappa shape index (κ3) is 2.22. The molecule has 0 aromatic heterocycles. The van der Waals surface area contributed by atoms with Crippen molar-refractivity contribution in [2.75, 3.05) is 13.2 Å². The quantitative estimate of drug-likeness (QED) is 0.724. The largest absolute Gasteiger partial charge is 0.492 e. The summed E-state index contributed by atoms with van der Waals surface area (Å²) in [4.78, 5) is 0. The van der Waals surface area contributed by atoms with Gasteiger partial charge in [0.05, 0.1) is 0 Å². The third-order valence-electron chi connectivity index (χ3n) is 3.06. The summed E-state index contributed by atoms with van der Waals surface area (Å²) < 4.78 is 5.78. The van der Waals surface area contributed by atoms with E-state index in [0.717, 1.165) is 25.4 Å². The molecule has 0 saturated carbocycles. The Labute approximate surface area is 98.0 Å². The van der Waals surface area contributed by atoms with Crippen LogP contribution in [0.1, 0.15) is 37.5 Å².